The molecule has 4 aliphatic carbocycles. The molecule has 79 heavy (non-hydrogen) atoms. The lowest BCUT2D eigenvalue weighted by Crippen LogP contribution is -2.52. The molecule has 5 aliphatic rings. The number of phosphoric acid groups is 3. The zero-order valence-corrected chi connectivity index (χ0v) is 52.4. The first-order chi connectivity index (χ1) is 37.4. The van der Waals surface area contributed by atoms with Crippen molar-refractivity contribution in [3.05, 3.63) is 32.6 Å². The second-order valence-electron chi connectivity index (χ2n) is 19.5. The standard InChI is InChI=1S/C28H43N2O18P3.4C6H15N/c31-23-13-25(46-24(23)18-45-50(37,38)48-51(39,40)47-49(34,35)36)30-17-22(26(32)29-27(30)33)2-1-3-41-4-5-42-6-7-43-8-9-44-28-14-19-10-20(15-28)12-21(11-19)16-28;4*1-4-7(5-2)6-3/h17,19-21,23-25,31H,3-16,18H2,(H,37,38)(H,39,40)(H,29,32,33)(H2,34,35,36);4*4-6H2,1-3H3/t19?,20?,21?,23-,24+,25+,28?;;;;/m0..../s1. The van der Waals surface area contributed by atoms with Gasteiger partial charge in [-0.3, -0.25) is 18.9 Å². The van der Waals surface area contributed by atoms with E-state index in [1.165, 1.54) is 117 Å². The summed E-state index contributed by atoms with van der Waals surface area (Å²) >= 11 is 0. The highest BCUT2D eigenvalue weighted by atomic mass is 31.3. The molecule has 27 heteroatoms. The van der Waals surface area contributed by atoms with Crippen LogP contribution in [0.15, 0.2) is 15.8 Å². The van der Waals surface area contributed by atoms with Crippen molar-refractivity contribution in [3.8, 4) is 11.8 Å². The van der Waals surface area contributed by atoms with Gasteiger partial charge in [-0.25, -0.2) is 18.5 Å². The minimum Gasteiger partial charge on any atom is -0.390 e. The number of aliphatic hydroxyl groups is 1. The van der Waals surface area contributed by atoms with E-state index in [1.807, 2.05) is 0 Å². The van der Waals surface area contributed by atoms with Gasteiger partial charge in [0.15, 0.2) is 0 Å². The third-order valence-electron chi connectivity index (χ3n) is 14.4. The third-order valence-corrected chi connectivity index (χ3v) is 18.2. The van der Waals surface area contributed by atoms with Crippen molar-refractivity contribution >= 4 is 23.5 Å². The van der Waals surface area contributed by atoms with Gasteiger partial charge in [0.25, 0.3) is 5.56 Å². The molecule has 1 saturated heterocycles. The Balaban J connectivity index is 0.000000908. The maximum absolute atomic E-state index is 12.4. The molecule has 0 radical (unpaired) electrons. The Labute approximate surface area is 471 Å². The summed E-state index contributed by atoms with van der Waals surface area (Å²) < 4.78 is 75.3. The van der Waals surface area contributed by atoms with E-state index in [0.717, 1.165) is 28.5 Å². The average molecular weight is 1190 g/mol. The molecular weight excluding hydrogens is 1090 g/mol. The minimum atomic E-state index is -5.74. The number of nitrogens with zero attached hydrogens (tertiary/aromatic N) is 5. The maximum Gasteiger partial charge on any atom is 0.490 e. The molecule has 1 aromatic heterocycles. The zero-order chi connectivity index (χ0) is 59.7. The van der Waals surface area contributed by atoms with Gasteiger partial charge in [0, 0.05) is 12.6 Å². The highest BCUT2D eigenvalue weighted by Crippen LogP contribution is 2.66. The topological polar surface area (TPSA) is 294 Å². The summed E-state index contributed by atoms with van der Waals surface area (Å²) in [5.41, 5.74) is -1.76. The van der Waals surface area contributed by atoms with Crippen LogP contribution in [0.4, 0.5) is 0 Å². The van der Waals surface area contributed by atoms with Crippen molar-refractivity contribution in [2.75, 3.05) is 131 Å². The quantitative estimate of drug-likeness (QED) is 0.0270. The van der Waals surface area contributed by atoms with Gasteiger partial charge in [-0.2, -0.15) is 8.62 Å². The Morgan fingerprint density at radius 3 is 1.41 bits per heavy atom. The first-order valence-corrected chi connectivity index (χ1v) is 33.1. The number of ether oxygens (including phenoxy) is 5. The van der Waals surface area contributed by atoms with Gasteiger partial charge in [-0.15, -0.1) is 0 Å². The largest absolute Gasteiger partial charge is 0.490 e. The van der Waals surface area contributed by atoms with Crippen molar-refractivity contribution in [2.45, 2.75) is 152 Å². The van der Waals surface area contributed by atoms with Crippen LogP contribution in [0.25, 0.3) is 0 Å². The number of hydrogen-bond acceptors (Lipinski definition) is 18. The Bertz CT molecular complexity index is 2000. The maximum atomic E-state index is 12.4. The van der Waals surface area contributed by atoms with Crippen molar-refractivity contribution in [1.82, 2.24) is 29.2 Å². The lowest BCUT2D eigenvalue weighted by atomic mass is 9.54. The van der Waals surface area contributed by atoms with Crippen LogP contribution in [0.1, 0.15) is 140 Å². The number of hydrogen-bond donors (Lipinski definition) is 6. The van der Waals surface area contributed by atoms with Crippen LogP contribution in [0, 0.1) is 29.6 Å². The van der Waals surface area contributed by atoms with E-state index in [-0.39, 0.29) is 30.8 Å². The van der Waals surface area contributed by atoms with Crippen LogP contribution in [0.3, 0.4) is 0 Å². The van der Waals surface area contributed by atoms with E-state index in [1.54, 1.807) is 0 Å². The predicted molar refractivity (Wildman–Crippen MR) is 306 cm³/mol. The zero-order valence-electron chi connectivity index (χ0n) is 49.8. The summed E-state index contributed by atoms with van der Waals surface area (Å²) in [6, 6.07) is 0. The molecule has 0 aromatic carbocycles. The summed E-state index contributed by atoms with van der Waals surface area (Å²) in [5, 5.41) is 10.3. The Morgan fingerprint density at radius 2 is 1.01 bits per heavy atom. The van der Waals surface area contributed by atoms with Crippen molar-refractivity contribution in [1.29, 1.82) is 0 Å². The first kappa shape index (κ1) is 75.3. The van der Waals surface area contributed by atoms with E-state index in [2.05, 4.69) is 133 Å². The molecular formula is C52H103N6O18P3. The van der Waals surface area contributed by atoms with Gasteiger partial charge in [0.2, 0.25) is 0 Å². The predicted octanol–water partition coefficient (Wildman–Crippen LogP) is 6.31. The molecule has 6 N–H and O–H groups in total. The second kappa shape index (κ2) is 40.5. The normalized spacial score (nSPS) is 23.6. The molecule has 24 nitrogen and oxygen atoms in total. The monoisotopic (exact) mass is 1190 g/mol. The van der Waals surface area contributed by atoms with Gasteiger partial charge < -0.3 is 68.0 Å². The number of phosphoric ester groups is 1. The van der Waals surface area contributed by atoms with Crippen LogP contribution in [0.2, 0.25) is 0 Å². The summed E-state index contributed by atoms with van der Waals surface area (Å²) in [6.45, 7) is 42.0. The molecule has 0 spiro atoms. The smallest absolute Gasteiger partial charge is 0.390 e. The van der Waals surface area contributed by atoms with E-state index >= 15 is 0 Å². The van der Waals surface area contributed by atoms with Crippen LogP contribution in [0.5, 0.6) is 0 Å². The average Bonchev–Trinajstić information content (AvgIpc) is 3.81. The van der Waals surface area contributed by atoms with Crippen molar-refractivity contribution < 1.29 is 75.2 Å². The molecule has 6 rings (SSSR count). The number of aromatic nitrogens is 2. The summed E-state index contributed by atoms with van der Waals surface area (Å²) in [4.78, 5) is 72.4. The number of rotatable bonds is 31. The van der Waals surface area contributed by atoms with Gasteiger partial charge in [0.1, 0.15) is 24.5 Å². The lowest BCUT2D eigenvalue weighted by molar-refractivity contribution is -0.169. The van der Waals surface area contributed by atoms with Crippen molar-refractivity contribution in [3.63, 3.8) is 0 Å². The van der Waals surface area contributed by atoms with Crippen LogP contribution in [-0.4, -0.2) is 203 Å². The molecule has 464 valence electrons. The Hall–Kier alpha value is -1.75. The molecule has 2 unspecified atom stereocenters. The van der Waals surface area contributed by atoms with Gasteiger partial charge in [0.05, 0.1) is 58.0 Å². The Morgan fingerprint density at radius 1 is 0.608 bits per heavy atom. The second-order valence-corrected chi connectivity index (χ2v) is 24.0. The SMILES string of the molecule is CCN(CC)CC.CCN(CC)CC.CCN(CC)CC.CCN(CC)CC.O=c1[nH]c(=O)n([C@H]2C[C@H](O)[C@@H](COP(=O)(O)OP(=O)(O)OP(=O)(O)O)O2)cc1C#CCOCCOCCOCCOC12CC3CC(CC(C3)C1)C2. The molecule has 1 aliphatic heterocycles. The lowest BCUT2D eigenvalue weighted by Gasteiger charge is -2.56. The minimum absolute atomic E-state index is 0.0542. The molecule has 2 heterocycles. The fraction of sp³-hybridized carbons (Fsp3) is 0.885. The van der Waals surface area contributed by atoms with Crippen molar-refractivity contribution in [2.24, 2.45) is 17.8 Å². The number of aromatic amines is 1. The number of nitrogens with one attached hydrogen (secondary N) is 1. The van der Waals surface area contributed by atoms with E-state index in [4.69, 9.17) is 33.5 Å². The summed E-state index contributed by atoms with van der Waals surface area (Å²) in [6.07, 6.45) is 4.55. The van der Waals surface area contributed by atoms with Crippen LogP contribution < -0.4 is 11.2 Å². The Kier molecular flexibility index (Phi) is 38.6. The third kappa shape index (κ3) is 31.1. The van der Waals surface area contributed by atoms with Crippen LogP contribution in [-0.2, 0) is 50.5 Å². The molecule has 4 bridgehead atoms. The summed E-state index contributed by atoms with van der Waals surface area (Å²) in [5.74, 6) is 7.75. The number of H-pyrrole nitrogens is 1. The van der Waals surface area contributed by atoms with Gasteiger partial charge in [-0.05, 0) is 135 Å². The fourth-order valence-corrected chi connectivity index (χ4v) is 13.2. The van der Waals surface area contributed by atoms with E-state index < -0.39 is 59.8 Å². The first-order valence-electron chi connectivity index (χ1n) is 28.6. The van der Waals surface area contributed by atoms with Gasteiger partial charge in [-0.1, -0.05) is 94.9 Å². The van der Waals surface area contributed by atoms with E-state index in [0.29, 0.717) is 33.0 Å². The van der Waals surface area contributed by atoms with Gasteiger partial charge >= 0.3 is 29.2 Å². The number of aliphatic hydroxyl groups excluding tert-OH is 1. The fourth-order valence-electron chi connectivity index (χ4n) is 10.2. The molecule has 0 amide bonds. The highest BCUT2D eigenvalue weighted by molar-refractivity contribution is 7.66. The molecule has 1 aromatic rings. The molecule has 5 fully saturated rings. The summed E-state index contributed by atoms with van der Waals surface area (Å²) in [7, 11) is -16.8. The molecule has 4 saturated carbocycles. The molecule has 5 atom stereocenters. The van der Waals surface area contributed by atoms with Crippen LogP contribution >= 0.6 is 23.5 Å². The highest BCUT2D eigenvalue weighted by Gasteiger charge is 2.51. The van der Waals surface area contributed by atoms with E-state index in [9.17, 15) is 38.2 Å².